The predicted octanol–water partition coefficient (Wildman–Crippen LogP) is 0.582. The Hall–Kier alpha value is -0.690. The van der Waals surface area contributed by atoms with E-state index in [2.05, 4.69) is 21.7 Å². The van der Waals surface area contributed by atoms with Crippen molar-refractivity contribution in [1.29, 1.82) is 0 Å². The first-order chi connectivity index (χ1) is 11.3. The maximum absolute atomic E-state index is 12.5. The summed E-state index contributed by atoms with van der Waals surface area (Å²) in [6.07, 6.45) is 2.30. The molecule has 0 aromatic carbocycles. The molecule has 2 aliphatic rings. The second kappa shape index (κ2) is 8.61. The summed E-state index contributed by atoms with van der Waals surface area (Å²) in [5, 5.41) is 0. The number of likely N-dealkylation sites (tertiary alicyclic amines) is 1. The topological polar surface area (TPSA) is 39.3 Å². The largest absolute Gasteiger partial charge is 0.463 e. The lowest BCUT2D eigenvalue weighted by Crippen LogP contribution is -2.58. The summed E-state index contributed by atoms with van der Waals surface area (Å²) in [5.74, 6) is -0.0950. The highest BCUT2D eigenvalue weighted by atomic mass is 16.5. The summed E-state index contributed by atoms with van der Waals surface area (Å²) in [6.45, 7) is 11.9. The minimum absolute atomic E-state index is 0.0950. The normalized spacial score (nSPS) is 22.9. The number of likely N-dealkylation sites (N-methyl/N-ethyl adjacent to an activating group) is 2. The second-order valence-electron chi connectivity index (χ2n) is 8.06. The Kier molecular flexibility index (Phi) is 7.04. The Morgan fingerprint density at radius 1 is 1.08 bits per heavy atom. The van der Waals surface area contributed by atoms with Crippen LogP contribution in [0.5, 0.6) is 0 Å². The van der Waals surface area contributed by atoms with Crippen molar-refractivity contribution in [2.75, 3.05) is 73.6 Å². The van der Waals surface area contributed by atoms with Crippen LogP contribution in [-0.2, 0) is 9.53 Å². The van der Waals surface area contributed by atoms with Crippen molar-refractivity contribution in [2.24, 2.45) is 0 Å². The lowest BCUT2D eigenvalue weighted by Gasteiger charge is -2.45. The molecule has 0 amide bonds. The van der Waals surface area contributed by atoms with Gasteiger partial charge in [-0.2, -0.15) is 0 Å². The van der Waals surface area contributed by atoms with E-state index in [1.54, 1.807) is 0 Å². The molecule has 0 N–H and O–H groups in total. The highest BCUT2D eigenvalue weighted by molar-refractivity contribution is 5.79. The Morgan fingerprint density at radius 2 is 1.67 bits per heavy atom. The first kappa shape index (κ1) is 19.6. The number of rotatable bonds is 6. The molecule has 2 rings (SSSR count). The summed E-state index contributed by atoms with van der Waals surface area (Å²) in [4.78, 5) is 21.8. The van der Waals surface area contributed by atoms with Gasteiger partial charge in [-0.05, 0) is 47.8 Å². The standard InChI is InChI=1S/C18H36N4O2/c1-18(2,17(23)24-15-14-19(3)4)22-8-6-16(7-9-22)21-12-10-20(5)11-13-21/h16H,6-15H2,1-5H3. The van der Waals surface area contributed by atoms with E-state index in [0.29, 0.717) is 12.6 Å². The van der Waals surface area contributed by atoms with Crippen molar-refractivity contribution in [3.8, 4) is 0 Å². The lowest BCUT2D eigenvalue weighted by atomic mass is 9.95. The fraction of sp³-hybridized carbons (Fsp3) is 0.944. The molecule has 2 heterocycles. The van der Waals surface area contributed by atoms with E-state index >= 15 is 0 Å². The molecule has 2 saturated heterocycles. The minimum Gasteiger partial charge on any atom is -0.463 e. The van der Waals surface area contributed by atoms with Crippen LogP contribution in [0, 0.1) is 0 Å². The van der Waals surface area contributed by atoms with Crippen molar-refractivity contribution in [2.45, 2.75) is 38.3 Å². The molecule has 0 radical (unpaired) electrons. The Labute approximate surface area is 147 Å². The molecule has 0 atom stereocenters. The third-order valence-electron chi connectivity index (χ3n) is 5.58. The molecular weight excluding hydrogens is 304 g/mol. The van der Waals surface area contributed by atoms with Crippen LogP contribution in [0.3, 0.4) is 0 Å². The van der Waals surface area contributed by atoms with Gasteiger partial charge >= 0.3 is 5.97 Å². The highest BCUT2D eigenvalue weighted by Gasteiger charge is 2.39. The molecule has 0 aliphatic carbocycles. The number of esters is 1. The third-order valence-corrected chi connectivity index (χ3v) is 5.58. The van der Waals surface area contributed by atoms with Crippen LogP contribution < -0.4 is 0 Å². The van der Waals surface area contributed by atoms with E-state index in [-0.39, 0.29) is 5.97 Å². The molecule has 24 heavy (non-hydrogen) atoms. The molecule has 2 fully saturated rings. The third kappa shape index (κ3) is 5.15. The van der Waals surface area contributed by atoms with Gasteiger partial charge in [0.05, 0.1) is 0 Å². The average molecular weight is 341 g/mol. The van der Waals surface area contributed by atoms with Gasteiger partial charge < -0.3 is 14.5 Å². The molecule has 0 unspecified atom stereocenters. The Morgan fingerprint density at radius 3 is 2.21 bits per heavy atom. The number of nitrogens with zero attached hydrogens (tertiary/aromatic N) is 4. The van der Waals surface area contributed by atoms with E-state index in [0.717, 1.165) is 32.5 Å². The van der Waals surface area contributed by atoms with Crippen LogP contribution in [0.25, 0.3) is 0 Å². The quantitative estimate of drug-likeness (QED) is 0.659. The zero-order chi connectivity index (χ0) is 17.7. The van der Waals surface area contributed by atoms with Crippen molar-refractivity contribution in [3.63, 3.8) is 0 Å². The summed E-state index contributed by atoms with van der Waals surface area (Å²) in [5.41, 5.74) is -0.528. The molecule has 2 aliphatic heterocycles. The fourth-order valence-electron chi connectivity index (χ4n) is 3.60. The number of piperazine rings is 1. The molecule has 0 spiro atoms. The molecule has 6 nitrogen and oxygen atoms in total. The van der Waals surface area contributed by atoms with Gasteiger partial charge in [0.2, 0.25) is 0 Å². The second-order valence-corrected chi connectivity index (χ2v) is 8.06. The van der Waals surface area contributed by atoms with E-state index in [1.165, 1.54) is 26.2 Å². The number of ether oxygens (including phenoxy) is 1. The van der Waals surface area contributed by atoms with Crippen LogP contribution in [0.4, 0.5) is 0 Å². The number of hydrogen-bond acceptors (Lipinski definition) is 6. The highest BCUT2D eigenvalue weighted by Crippen LogP contribution is 2.25. The number of piperidine rings is 1. The van der Waals surface area contributed by atoms with Gasteiger partial charge in [0, 0.05) is 51.9 Å². The molecule has 140 valence electrons. The van der Waals surface area contributed by atoms with Crippen LogP contribution in [0.2, 0.25) is 0 Å². The van der Waals surface area contributed by atoms with Gasteiger partial charge in [0.1, 0.15) is 12.1 Å². The van der Waals surface area contributed by atoms with Crippen molar-refractivity contribution in [1.82, 2.24) is 19.6 Å². The van der Waals surface area contributed by atoms with Crippen molar-refractivity contribution < 1.29 is 9.53 Å². The zero-order valence-corrected chi connectivity index (χ0v) is 16.3. The summed E-state index contributed by atoms with van der Waals surface area (Å²) in [6, 6.07) is 0.676. The first-order valence-corrected chi connectivity index (χ1v) is 9.30. The van der Waals surface area contributed by atoms with Crippen LogP contribution in [0.1, 0.15) is 26.7 Å². The molecule has 0 aromatic heterocycles. The smallest absolute Gasteiger partial charge is 0.326 e. The number of carbonyl (C=O) groups is 1. The monoisotopic (exact) mass is 340 g/mol. The van der Waals surface area contributed by atoms with Gasteiger partial charge in [-0.3, -0.25) is 14.6 Å². The fourth-order valence-corrected chi connectivity index (χ4v) is 3.60. The van der Waals surface area contributed by atoms with Gasteiger partial charge in [-0.15, -0.1) is 0 Å². The maximum Gasteiger partial charge on any atom is 0.326 e. The van der Waals surface area contributed by atoms with Gasteiger partial charge in [-0.25, -0.2) is 0 Å². The summed E-state index contributed by atoms with van der Waals surface area (Å²) in [7, 11) is 6.18. The Balaban J connectivity index is 1.78. The molecule has 6 heteroatoms. The van der Waals surface area contributed by atoms with E-state index in [9.17, 15) is 4.79 Å². The van der Waals surface area contributed by atoms with E-state index in [1.807, 2.05) is 32.8 Å². The van der Waals surface area contributed by atoms with Crippen molar-refractivity contribution >= 4 is 5.97 Å². The first-order valence-electron chi connectivity index (χ1n) is 9.30. The van der Waals surface area contributed by atoms with E-state index < -0.39 is 5.54 Å². The van der Waals surface area contributed by atoms with Crippen molar-refractivity contribution in [3.05, 3.63) is 0 Å². The van der Waals surface area contributed by atoms with Gasteiger partial charge in [0.25, 0.3) is 0 Å². The number of carbonyl (C=O) groups excluding carboxylic acids is 1. The molecule has 0 aromatic rings. The zero-order valence-electron chi connectivity index (χ0n) is 16.3. The minimum atomic E-state index is -0.528. The van der Waals surface area contributed by atoms with Crippen LogP contribution in [0.15, 0.2) is 0 Å². The molecule has 0 saturated carbocycles. The summed E-state index contributed by atoms with van der Waals surface area (Å²) >= 11 is 0. The van der Waals surface area contributed by atoms with E-state index in [4.69, 9.17) is 4.74 Å². The SMILES string of the molecule is CN(C)CCOC(=O)C(C)(C)N1CCC(N2CCN(C)CC2)CC1. The maximum atomic E-state index is 12.5. The summed E-state index contributed by atoms with van der Waals surface area (Å²) < 4.78 is 5.49. The van der Waals surface area contributed by atoms with Crippen LogP contribution >= 0.6 is 0 Å². The lowest BCUT2D eigenvalue weighted by molar-refractivity contribution is -0.157. The molecular formula is C18H36N4O2. The van der Waals surface area contributed by atoms with Gasteiger partial charge in [-0.1, -0.05) is 0 Å². The molecule has 0 bridgehead atoms. The average Bonchev–Trinajstić information content (AvgIpc) is 2.55. The van der Waals surface area contributed by atoms with Crippen LogP contribution in [-0.4, -0.2) is 111 Å². The Bertz CT molecular complexity index is 398. The van der Waals surface area contributed by atoms with Gasteiger partial charge in [0.15, 0.2) is 0 Å². The predicted molar refractivity (Wildman–Crippen MR) is 97.3 cm³/mol. The number of hydrogen-bond donors (Lipinski definition) is 0.